The second kappa shape index (κ2) is 7.29. The van der Waals surface area contributed by atoms with E-state index in [1.165, 1.54) is 0 Å². The number of hydrogen-bond acceptors (Lipinski definition) is 5. The Hall–Kier alpha value is -2.67. The van der Waals surface area contributed by atoms with Crippen LogP contribution < -0.4 is 0 Å². The number of rotatable bonds is 6. The molecule has 2 heterocycles. The summed E-state index contributed by atoms with van der Waals surface area (Å²) in [6, 6.07) is 18.0. The minimum absolute atomic E-state index is 0.650. The van der Waals surface area contributed by atoms with Gasteiger partial charge in [-0.1, -0.05) is 61.2 Å². The molecule has 0 N–H and O–H groups in total. The highest BCUT2D eigenvalue weighted by molar-refractivity contribution is 7.99. The molecule has 132 valence electrons. The SMILES string of the molecule is CC(C)CCSc1nnc(-n2nnc3ccccc32)n1-c1ccccc1. The van der Waals surface area contributed by atoms with Crippen molar-refractivity contribution in [1.29, 1.82) is 0 Å². The summed E-state index contributed by atoms with van der Waals surface area (Å²) in [6.45, 7) is 4.46. The Kier molecular flexibility index (Phi) is 4.71. The Balaban J connectivity index is 1.81. The zero-order valence-corrected chi connectivity index (χ0v) is 15.6. The van der Waals surface area contributed by atoms with Crippen LogP contribution in [0.2, 0.25) is 0 Å². The number of nitrogens with zero attached hydrogens (tertiary/aromatic N) is 6. The molecular formula is C19H20N6S. The van der Waals surface area contributed by atoms with Gasteiger partial charge in [-0.05, 0) is 36.6 Å². The lowest BCUT2D eigenvalue weighted by atomic mass is 10.2. The van der Waals surface area contributed by atoms with Crippen LogP contribution in [0.1, 0.15) is 20.3 Å². The maximum atomic E-state index is 4.44. The molecule has 4 aromatic rings. The molecular weight excluding hydrogens is 344 g/mol. The molecule has 0 aliphatic rings. The van der Waals surface area contributed by atoms with E-state index in [0.717, 1.165) is 34.1 Å². The predicted molar refractivity (Wildman–Crippen MR) is 104 cm³/mol. The summed E-state index contributed by atoms with van der Waals surface area (Å²) in [5.41, 5.74) is 2.76. The molecule has 0 spiro atoms. The van der Waals surface area contributed by atoms with Gasteiger partial charge in [0.25, 0.3) is 5.95 Å². The second-order valence-corrected chi connectivity index (χ2v) is 7.54. The minimum atomic E-state index is 0.650. The van der Waals surface area contributed by atoms with Gasteiger partial charge in [-0.2, -0.15) is 4.68 Å². The van der Waals surface area contributed by atoms with E-state index in [4.69, 9.17) is 0 Å². The van der Waals surface area contributed by atoms with E-state index >= 15 is 0 Å². The lowest BCUT2D eigenvalue weighted by Gasteiger charge is -2.10. The monoisotopic (exact) mass is 364 g/mol. The van der Waals surface area contributed by atoms with Gasteiger partial charge < -0.3 is 0 Å². The summed E-state index contributed by atoms with van der Waals surface area (Å²) in [7, 11) is 0. The molecule has 0 atom stereocenters. The highest BCUT2D eigenvalue weighted by Crippen LogP contribution is 2.26. The number of fused-ring (bicyclic) bond motifs is 1. The van der Waals surface area contributed by atoms with Gasteiger partial charge in [-0.25, -0.2) is 0 Å². The fourth-order valence-corrected chi connectivity index (χ4v) is 3.89. The molecule has 7 heteroatoms. The lowest BCUT2D eigenvalue weighted by molar-refractivity contribution is 0.631. The molecule has 2 aromatic carbocycles. The molecule has 0 aliphatic heterocycles. The van der Waals surface area contributed by atoms with Crippen LogP contribution in [-0.4, -0.2) is 35.5 Å². The summed E-state index contributed by atoms with van der Waals surface area (Å²) in [5, 5.41) is 18.3. The standard InChI is InChI=1S/C19H20N6S/c1-14(2)12-13-26-19-22-21-18(24(19)15-8-4-3-5-9-15)25-17-11-7-6-10-16(17)20-23-25/h3-11,14H,12-13H2,1-2H3. The molecule has 0 bridgehead atoms. The van der Waals surface area contributed by atoms with E-state index in [-0.39, 0.29) is 0 Å². The number of aromatic nitrogens is 6. The molecule has 4 rings (SSSR count). The zero-order chi connectivity index (χ0) is 17.9. The van der Waals surface area contributed by atoms with Crippen molar-refractivity contribution in [3.63, 3.8) is 0 Å². The first-order valence-corrected chi connectivity index (χ1v) is 9.67. The van der Waals surface area contributed by atoms with Gasteiger partial charge in [0.05, 0.1) is 11.2 Å². The maximum Gasteiger partial charge on any atom is 0.259 e. The van der Waals surface area contributed by atoms with Crippen molar-refractivity contribution in [3.05, 3.63) is 54.6 Å². The van der Waals surface area contributed by atoms with Crippen molar-refractivity contribution in [2.24, 2.45) is 5.92 Å². The van der Waals surface area contributed by atoms with Crippen molar-refractivity contribution in [1.82, 2.24) is 29.8 Å². The summed E-state index contributed by atoms with van der Waals surface area (Å²) < 4.78 is 3.80. The molecule has 0 saturated heterocycles. The molecule has 6 nitrogen and oxygen atoms in total. The van der Waals surface area contributed by atoms with Crippen LogP contribution >= 0.6 is 11.8 Å². The van der Waals surface area contributed by atoms with Crippen molar-refractivity contribution >= 4 is 22.8 Å². The molecule has 0 unspecified atom stereocenters. The molecule has 0 radical (unpaired) electrons. The summed E-state index contributed by atoms with van der Waals surface area (Å²) in [4.78, 5) is 0. The van der Waals surface area contributed by atoms with Crippen LogP contribution in [-0.2, 0) is 0 Å². The fraction of sp³-hybridized carbons (Fsp3) is 0.263. The van der Waals surface area contributed by atoms with Crippen LogP contribution in [0, 0.1) is 5.92 Å². The van der Waals surface area contributed by atoms with Crippen molar-refractivity contribution in [3.8, 4) is 11.6 Å². The molecule has 0 saturated carbocycles. The van der Waals surface area contributed by atoms with Crippen molar-refractivity contribution < 1.29 is 0 Å². The highest BCUT2D eigenvalue weighted by Gasteiger charge is 2.18. The topological polar surface area (TPSA) is 61.4 Å². The molecule has 0 fully saturated rings. The van der Waals surface area contributed by atoms with E-state index in [1.54, 1.807) is 16.4 Å². The Bertz CT molecular complexity index is 1010. The third-order valence-corrected chi connectivity index (χ3v) is 5.06. The van der Waals surface area contributed by atoms with E-state index in [0.29, 0.717) is 11.9 Å². The van der Waals surface area contributed by atoms with Crippen LogP contribution in [0.15, 0.2) is 59.8 Å². The number of hydrogen-bond donors (Lipinski definition) is 0. The zero-order valence-electron chi connectivity index (χ0n) is 14.8. The van der Waals surface area contributed by atoms with Crippen molar-refractivity contribution in [2.45, 2.75) is 25.4 Å². The predicted octanol–water partition coefficient (Wildman–Crippen LogP) is 4.14. The first-order valence-electron chi connectivity index (χ1n) is 8.68. The van der Waals surface area contributed by atoms with Gasteiger partial charge in [0.15, 0.2) is 5.16 Å². The van der Waals surface area contributed by atoms with E-state index in [9.17, 15) is 0 Å². The van der Waals surface area contributed by atoms with Crippen LogP contribution in [0.3, 0.4) is 0 Å². The largest absolute Gasteiger partial charge is 0.259 e. The van der Waals surface area contributed by atoms with Crippen LogP contribution in [0.25, 0.3) is 22.7 Å². The minimum Gasteiger partial charge on any atom is -0.254 e. The smallest absolute Gasteiger partial charge is 0.254 e. The normalized spacial score (nSPS) is 11.5. The highest BCUT2D eigenvalue weighted by atomic mass is 32.2. The van der Waals surface area contributed by atoms with Crippen LogP contribution in [0.4, 0.5) is 0 Å². The van der Waals surface area contributed by atoms with E-state index in [2.05, 4.69) is 46.5 Å². The second-order valence-electron chi connectivity index (χ2n) is 6.47. The maximum absolute atomic E-state index is 4.44. The number of benzene rings is 2. The quantitative estimate of drug-likeness (QED) is 0.481. The summed E-state index contributed by atoms with van der Waals surface area (Å²) in [5.74, 6) is 2.31. The van der Waals surface area contributed by atoms with Gasteiger partial charge in [0.1, 0.15) is 5.52 Å². The average molecular weight is 364 g/mol. The van der Waals surface area contributed by atoms with Crippen molar-refractivity contribution in [2.75, 3.05) is 5.75 Å². The first-order chi connectivity index (χ1) is 12.7. The molecule has 26 heavy (non-hydrogen) atoms. The Morgan fingerprint density at radius 1 is 0.923 bits per heavy atom. The van der Waals surface area contributed by atoms with Gasteiger partial charge >= 0.3 is 0 Å². The van der Waals surface area contributed by atoms with Gasteiger partial charge in [0.2, 0.25) is 0 Å². The van der Waals surface area contributed by atoms with Gasteiger partial charge in [-0.3, -0.25) is 4.57 Å². The molecule has 0 amide bonds. The Labute approximate surface area is 156 Å². The fourth-order valence-electron chi connectivity index (χ4n) is 2.70. The Morgan fingerprint density at radius 3 is 2.50 bits per heavy atom. The summed E-state index contributed by atoms with van der Waals surface area (Å²) in [6.07, 6.45) is 1.13. The number of para-hydroxylation sites is 2. The van der Waals surface area contributed by atoms with Gasteiger partial charge in [0, 0.05) is 5.75 Å². The molecule has 2 aromatic heterocycles. The van der Waals surface area contributed by atoms with E-state index < -0.39 is 0 Å². The number of thioether (sulfide) groups is 1. The van der Waals surface area contributed by atoms with E-state index in [1.807, 2.05) is 47.0 Å². The third kappa shape index (κ3) is 3.22. The van der Waals surface area contributed by atoms with Crippen LogP contribution in [0.5, 0.6) is 0 Å². The summed E-state index contributed by atoms with van der Waals surface area (Å²) >= 11 is 1.72. The molecule has 0 aliphatic carbocycles. The lowest BCUT2D eigenvalue weighted by Crippen LogP contribution is -2.08. The average Bonchev–Trinajstić information content (AvgIpc) is 3.26. The third-order valence-electron chi connectivity index (χ3n) is 4.10. The Morgan fingerprint density at radius 2 is 1.69 bits per heavy atom. The first kappa shape index (κ1) is 16.8. The van der Waals surface area contributed by atoms with Gasteiger partial charge in [-0.15, -0.1) is 15.3 Å².